The number of pyridine rings is 1. The second-order valence-electron chi connectivity index (χ2n) is 11.0. The Labute approximate surface area is 245 Å². The predicted octanol–water partition coefficient (Wildman–Crippen LogP) is 4.36. The average Bonchev–Trinajstić information content (AvgIpc) is 3.47. The van der Waals surface area contributed by atoms with Crippen LogP contribution in [0.4, 0.5) is 10.1 Å². The summed E-state index contributed by atoms with van der Waals surface area (Å²) in [6, 6.07) is 14.4. The van der Waals surface area contributed by atoms with Crippen LogP contribution in [-0.4, -0.2) is 49.3 Å². The van der Waals surface area contributed by atoms with E-state index < -0.39 is 0 Å². The Hall–Kier alpha value is -4.36. The molecule has 42 heavy (non-hydrogen) atoms. The number of nitriles is 1. The number of nitrogens with zero attached hydrogens (tertiary/aromatic N) is 4. The number of aromatic nitrogens is 1. The van der Waals surface area contributed by atoms with Gasteiger partial charge in [0, 0.05) is 68.6 Å². The second kappa shape index (κ2) is 12.7. The lowest BCUT2D eigenvalue weighted by Crippen LogP contribution is -2.48. The number of hydrogen-bond donors (Lipinski definition) is 1. The fraction of sp³-hybridized carbons (Fsp3) is 0.406. The highest BCUT2D eigenvalue weighted by molar-refractivity contribution is 5.96. The number of fused-ring (bicyclic) bond motifs is 1. The van der Waals surface area contributed by atoms with Gasteiger partial charge in [0.2, 0.25) is 12.5 Å². The van der Waals surface area contributed by atoms with Crippen molar-refractivity contribution < 1.29 is 23.4 Å². The van der Waals surface area contributed by atoms with Gasteiger partial charge < -0.3 is 29.8 Å². The zero-order chi connectivity index (χ0) is 29.8. The molecule has 1 fully saturated rings. The van der Waals surface area contributed by atoms with Gasteiger partial charge in [0.05, 0.1) is 11.6 Å². The molecule has 220 valence electrons. The minimum Gasteiger partial charge on any atom is -0.618 e. The molecule has 2 aliphatic heterocycles. The Morgan fingerprint density at radius 3 is 2.71 bits per heavy atom. The molecule has 1 aromatic heterocycles. The zero-order valence-electron chi connectivity index (χ0n) is 24.2. The topological polar surface area (TPSA) is 105 Å². The molecule has 0 aliphatic carbocycles. The van der Waals surface area contributed by atoms with Crippen LogP contribution in [0, 0.1) is 36.2 Å². The molecular formula is C32H36FN5O4. The minimum absolute atomic E-state index is 0.154. The van der Waals surface area contributed by atoms with E-state index in [1.54, 1.807) is 19.1 Å². The molecular weight excluding hydrogens is 537 g/mol. The van der Waals surface area contributed by atoms with Crippen LogP contribution in [0.15, 0.2) is 48.7 Å². The fourth-order valence-electron chi connectivity index (χ4n) is 5.86. The van der Waals surface area contributed by atoms with Gasteiger partial charge in [0.25, 0.3) is 5.91 Å². The molecule has 1 atom stereocenters. The quantitative estimate of drug-likeness (QED) is 0.300. The number of likely N-dealkylation sites (tertiary alicyclic amines) is 1. The number of amides is 1. The van der Waals surface area contributed by atoms with Gasteiger partial charge in [-0.1, -0.05) is 0 Å². The molecule has 9 nitrogen and oxygen atoms in total. The van der Waals surface area contributed by atoms with E-state index in [1.165, 1.54) is 18.3 Å². The van der Waals surface area contributed by atoms with Gasteiger partial charge in [-0.05, 0) is 69.0 Å². The lowest BCUT2D eigenvalue weighted by atomic mass is 9.98. The summed E-state index contributed by atoms with van der Waals surface area (Å²) in [6.45, 7) is 8.37. The Morgan fingerprint density at radius 1 is 1.19 bits per heavy atom. The number of nitrogens with one attached hydrogen (secondary N) is 1. The van der Waals surface area contributed by atoms with Gasteiger partial charge in [0.15, 0.2) is 17.7 Å². The standard InChI is InChI=1S/C32H36FN5O4/c1-21-9-15-38(40)23(3)31(21)32(39)35-12-8-22(2)36-13-10-26(11-14-36)37(19-25-16-24(18-34)4-6-28(25)33)27-5-7-29-30(17-27)42-20-41-29/h4-7,9,15-17,22,26H,8,10-14,19-20H2,1-3H3,(H,35,39). The van der Waals surface area contributed by atoms with Gasteiger partial charge >= 0.3 is 0 Å². The van der Waals surface area contributed by atoms with E-state index in [4.69, 9.17) is 9.47 Å². The second-order valence-corrected chi connectivity index (χ2v) is 11.0. The summed E-state index contributed by atoms with van der Waals surface area (Å²) in [5, 5.41) is 24.3. The Morgan fingerprint density at radius 2 is 1.95 bits per heavy atom. The monoisotopic (exact) mass is 573 g/mol. The van der Waals surface area contributed by atoms with Crippen molar-refractivity contribution in [3.63, 3.8) is 0 Å². The molecule has 3 heterocycles. The zero-order valence-corrected chi connectivity index (χ0v) is 24.2. The summed E-state index contributed by atoms with van der Waals surface area (Å²) >= 11 is 0. The summed E-state index contributed by atoms with van der Waals surface area (Å²) in [5.74, 6) is 0.798. The smallest absolute Gasteiger partial charge is 0.257 e. The number of halogens is 1. The number of carbonyl (C=O) groups is 1. The van der Waals surface area contributed by atoms with Crippen LogP contribution in [0.1, 0.15) is 58.9 Å². The van der Waals surface area contributed by atoms with E-state index in [-0.39, 0.29) is 30.6 Å². The molecule has 3 aromatic rings. The van der Waals surface area contributed by atoms with Crippen LogP contribution >= 0.6 is 0 Å². The maximum absolute atomic E-state index is 14.8. The Kier molecular flexibility index (Phi) is 8.78. The molecule has 10 heteroatoms. The van der Waals surface area contributed by atoms with Crippen molar-refractivity contribution in [1.82, 2.24) is 10.2 Å². The summed E-state index contributed by atoms with van der Waals surface area (Å²) in [5.41, 5.74) is 3.43. The predicted molar refractivity (Wildman–Crippen MR) is 156 cm³/mol. The highest BCUT2D eigenvalue weighted by Crippen LogP contribution is 2.37. The minimum atomic E-state index is -0.334. The highest BCUT2D eigenvalue weighted by atomic mass is 19.1. The van der Waals surface area contributed by atoms with Crippen LogP contribution in [0.2, 0.25) is 0 Å². The SMILES string of the molecule is Cc1cc[n+]([O-])c(C)c1C(=O)NCCC(C)N1CCC(N(Cc2cc(C#N)ccc2F)c2ccc3c(c2)OCO3)CC1. The van der Waals surface area contributed by atoms with Crippen molar-refractivity contribution in [2.75, 3.05) is 31.3 Å². The Bertz CT molecular complexity index is 1500. The number of ether oxygens (including phenoxy) is 2. The third-order valence-electron chi connectivity index (χ3n) is 8.39. The molecule has 2 aromatic carbocycles. The number of aryl methyl sites for hydroxylation is 1. The molecule has 1 N–H and O–H groups in total. The van der Waals surface area contributed by atoms with E-state index in [0.717, 1.165) is 48.3 Å². The van der Waals surface area contributed by atoms with E-state index in [2.05, 4.69) is 28.1 Å². The maximum Gasteiger partial charge on any atom is 0.257 e. The molecule has 0 radical (unpaired) electrons. The van der Waals surface area contributed by atoms with Gasteiger partial charge in [0.1, 0.15) is 11.4 Å². The molecule has 2 aliphatic rings. The van der Waals surface area contributed by atoms with Gasteiger partial charge in [-0.2, -0.15) is 9.99 Å². The number of anilines is 1. The third-order valence-corrected chi connectivity index (χ3v) is 8.39. The fourth-order valence-corrected chi connectivity index (χ4v) is 5.86. The lowest BCUT2D eigenvalue weighted by molar-refractivity contribution is -0.612. The van der Waals surface area contributed by atoms with Crippen LogP contribution in [0.5, 0.6) is 11.5 Å². The van der Waals surface area contributed by atoms with Crippen molar-refractivity contribution >= 4 is 11.6 Å². The lowest BCUT2D eigenvalue weighted by Gasteiger charge is -2.42. The number of hydrogen-bond acceptors (Lipinski definition) is 7. The van der Waals surface area contributed by atoms with Crippen molar-refractivity contribution in [1.29, 1.82) is 5.26 Å². The molecule has 0 saturated carbocycles. The largest absolute Gasteiger partial charge is 0.618 e. The van der Waals surface area contributed by atoms with Crippen molar-refractivity contribution in [3.8, 4) is 17.6 Å². The maximum atomic E-state index is 14.8. The van der Waals surface area contributed by atoms with Crippen molar-refractivity contribution in [3.05, 3.63) is 87.6 Å². The first-order valence-electron chi connectivity index (χ1n) is 14.3. The Balaban J connectivity index is 1.22. The first-order chi connectivity index (χ1) is 20.2. The van der Waals surface area contributed by atoms with Crippen LogP contribution in [0.3, 0.4) is 0 Å². The first-order valence-corrected chi connectivity index (χ1v) is 14.3. The molecule has 1 unspecified atom stereocenters. The number of benzene rings is 2. The summed E-state index contributed by atoms with van der Waals surface area (Å²) in [7, 11) is 0. The number of piperidine rings is 1. The summed E-state index contributed by atoms with van der Waals surface area (Å²) < 4.78 is 26.7. The molecule has 1 amide bonds. The summed E-state index contributed by atoms with van der Waals surface area (Å²) in [6.07, 6.45) is 3.94. The average molecular weight is 574 g/mol. The molecule has 0 spiro atoms. The summed E-state index contributed by atoms with van der Waals surface area (Å²) in [4.78, 5) is 17.4. The van der Waals surface area contributed by atoms with E-state index >= 15 is 0 Å². The van der Waals surface area contributed by atoms with E-state index in [1.807, 2.05) is 25.1 Å². The first kappa shape index (κ1) is 29.1. The van der Waals surface area contributed by atoms with E-state index in [0.29, 0.717) is 47.0 Å². The van der Waals surface area contributed by atoms with Crippen LogP contribution < -0.4 is 24.4 Å². The molecule has 1 saturated heterocycles. The third kappa shape index (κ3) is 6.26. The van der Waals surface area contributed by atoms with Crippen molar-refractivity contribution in [2.45, 2.75) is 58.7 Å². The van der Waals surface area contributed by atoms with Crippen LogP contribution in [0.25, 0.3) is 0 Å². The number of rotatable bonds is 9. The normalized spacial score (nSPS) is 15.7. The number of carbonyl (C=O) groups excluding carboxylic acids is 1. The van der Waals surface area contributed by atoms with Gasteiger partial charge in [-0.15, -0.1) is 0 Å². The molecule has 0 bridgehead atoms. The van der Waals surface area contributed by atoms with Gasteiger partial charge in [-0.3, -0.25) is 4.79 Å². The van der Waals surface area contributed by atoms with Crippen molar-refractivity contribution in [2.24, 2.45) is 0 Å². The van der Waals surface area contributed by atoms with Gasteiger partial charge in [-0.25, -0.2) is 4.39 Å². The highest BCUT2D eigenvalue weighted by Gasteiger charge is 2.29. The van der Waals surface area contributed by atoms with Crippen LogP contribution in [-0.2, 0) is 6.54 Å². The molecule has 5 rings (SSSR count). The van der Waals surface area contributed by atoms with E-state index in [9.17, 15) is 19.7 Å².